The molecule has 8 nitrogen and oxygen atoms in total. The number of aryl methyl sites for hydroxylation is 1. The number of hydrogen-bond acceptors (Lipinski definition) is 5. The van der Waals surface area contributed by atoms with E-state index in [2.05, 4.69) is 10.6 Å². The number of nitrogens with one attached hydrogen (secondary N) is 2. The van der Waals surface area contributed by atoms with Crippen molar-refractivity contribution in [1.82, 2.24) is 10.2 Å². The van der Waals surface area contributed by atoms with Crippen molar-refractivity contribution in [2.24, 2.45) is 0 Å². The highest BCUT2D eigenvalue weighted by atomic mass is 16.6. The van der Waals surface area contributed by atoms with Crippen LogP contribution in [-0.2, 0) is 16.1 Å². The predicted octanol–water partition coefficient (Wildman–Crippen LogP) is 4.84. The minimum absolute atomic E-state index is 0.244. The van der Waals surface area contributed by atoms with Crippen LogP contribution in [0.25, 0.3) is 0 Å². The van der Waals surface area contributed by atoms with Crippen LogP contribution in [0.15, 0.2) is 72.8 Å². The maximum absolute atomic E-state index is 13.2. The third kappa shape index (κ3) is 6.09. The van der Waals surface area contributed by atoms with Crippen molar-refractivity contribution in [1.29, 1.82) is 0 Å². The number of carbonyl (C=O) groups excluding carboxylic acids is 3. The number of ether oxygens (including phenoxy) is 2. The van der Waals surface area contributed by atoms with Gasteiger partial charge in [-0.05, 0) is 60.9 Å². The summed E-state index contributed by atoms with van der Waals surface area (Å²) in [5.74, 6) is 0.0862. The van der Waals surface area contributed by atoms with E-state index in [-0.39, 0.29) is 18.4 Å². The molecule has 2 atom stereocenters. The first kappa shape index (κ1) is 25.8. The van der Waals surface area contributed by atoms with Crippen LogP contribution in [0.3, 0.4) is 0 Å². The first-order valence-corrected chi connectivity index (χ1v) is 12.3. The number of carbonyl (C=O) groups is 3. The molecule has 0 bridgehead atoms. The summed E-state index contributed by atoms with van der Waals surface area (Å²) in [7, 11) is 1.56. The fourth-order valence-electron chi connectivity index (χ4n) is 4.19. The predicted molar refractivity (Wildman–Crippen MR) is 140 cm³/mol. The molecular formula is C29H31N3O5. The summed E-state index contributed by atoms with van der Waals surface area (Å²) < 4.78 is 10.9. The first-order valence-electron chi connectivity index (χ1n) is 12.3. The number of nitrogens with zero attached hydrogens (tertiary/aromatic N) is 1. The Morgan fingerprint density at radius 1 is 1.03 bits per heavy atom. The van der Waals surface area contributed by atoms with E-state index in [9.17, 15) is 14.4 Å². The van der Waals surface area contributed by atoms with Gasteiger partial charge in [-0.2, -0.15) is 0 Å². The number of methoxy groups -OCH3 is 1. The Morgan fingerprint density at radius 3 is 2.43 bits per heavy atom. The van der Waals surface area contributed by atoms with E-state index in [0.29, 0.717) is 29.1 Å². The number of anilines is 1. The Bertz CT molecular complexity index is 1260. The topological polar surface area (TPSA) is 97.0 Å². The van der Waals surface area contributed by atoms with Crippen LogP contribution in [0.1, 0.15) is 46.5 Å². The lowest BCUT2D eigenvalue weighted by Crippen LogP contribution is -2.46. The van der Waals surface area contributed by atoms with Gasteiger partial charge in [0.25, 0.3) is 5.91 Å². The molecule has 2 N–H and O–H groups in total. The molecule has 8 heteroatoms. The maximum Gasteiger partial charge on any atom is 0.411 e. The van der Waals surface area contributed by atoms with Gasteiger partial charge in [-0.1, -0.05) is 48.9 Å². The Hall–Kier alpha value is -4.33. The quantitative estimate of drug-likeness (QED) is 0.437. The van der Waals surface area contributed by atoms with Gasteiger partial charge in [-0.25, -0.2) is 4.79 Å². The van der Waals surface area contributed by atoms with E-state index in [0.717, 1.165) is 17.5 Å². The van der Waals surface area contributed by atoms with Crippen LogP contribution < -0.4 is 15.4 Å². The zero-order valence-corrected chi connectivity index (χ0v) is 21.2. The molecule has 0 radical (unpaired) electrons. The van der Waals surface area contributed by atoms with E-state index < -0.39 is 18.2 Å². The molecule has 37 heavy (non-hydrogen) atoms. The van der Waals surface area contributed by atoms with Gasteiger partial charge in [-0.3, -0.25) is 14.5 Å². The lowest BCUT2D eigenvalue weighted by molar-refractivity contribution is -0.126. The van der Waals surface area contributed by atoms with E-state index in [1.165, 1.54) is 4.90 Å². The fourth-order valence-corrected chi connectivity index (χ4v) is 4.19. The Labute approximate surface area is 216 Å². The second kappa shape index (κ2) is 11.6. The van der Waals surface area contributed by atoms with Crippen LogP contribution in [0.4, 0.5) is 10.5 Å². The van der Waals surface area contributed by atoms with Crippen LogP contribution in [0.5, 0.6) is 5.75 Å². The molecule has 3 aromatic rings. The monoisotopic (exact) mass is 501 g/mol. The fraction of sp³-hybridized carbons (Fsp3) is 0.276. The maximum atomic E-state index is 13.2. The highest BCUT2D eigenvalue weighted by Gasteiger charge is 2.46. The van der Waals surface area contributed by atoms with E-state index in [1.807, 2.05) is 38.1 Å². The Kier molecular flexibility index (Phi) is 8.08. The van der Waals surface area contributed by atoms with Gasteiger partial charge in [-0.15, -0.1) is 0 Å². The number of amides is 3. The van der Waals surface area contributed by atoms with Gasteiger partial charge in [0, 0.05) is 17.8 Å². The summed E-state index contributed by atoms with van der Waals surface area (Å²) in [6, 6.07) is 20.8. The molecule has 3 aromatic carbocycles. The molecule has 192 valence electrons. The van der Waals surface area contributed by atoms with Crippen molar-refractivity contribution < 1.29 is 23.9 Å². The van der Waals surface area contributed by atoms with Gasteiger partial charge in [0.05, 0.1) is 13.7 Å². The molecule has 1 heterocycles. The van der Waals surface area contributed by atoms with Gasteiger partial charge in [0.1, 0.15) is 5.75 Å². The van der Waals surface area contributed by atoms with Gasteiger partial charge < -0.3 is 20.1 Å². The molecule has 1 aliphatic heterocycles. The second-order valence-electron chi connectivity index (χ2n) is 8.96. The third-order valence-corrected chi connectivity index (χ3v) is 6.20. The average Bonchev–Trinajstić information content (AvgIpc) is 3.24. The smallest absolute Gasteiger partial charge is 0.411 e. The SMILES string of the molecule is CCCNC(=O)[C@H]1[C@H](c2cccc(NC(=O)c3ccc(OC)cc3)c2)OC(=O)N1Cc1ccc(C)cc1. The van der Waals surface area contributed by atoms with Crippen molar-refractivity contribution in [3.63, 3.8) is 0 Å². The number of rotatable bonds is 9. The van der Waals surface area contributed by atoms with Crippen molar-refractivity contribution in [3.05, 3.63) is 95.1 Å². The number of benzene rings is 3. The van der Waals surface area contributed by atoms with Gasteiger partial charge in [0.2, 0.25) is 5.91 Å². The molecule has 0 aliphatic carbocycles. The number of cyclic esters (lactones) is 1. The van der Waals surface area contributed by atoms with Crippen LogP contribution in [-0.4, -0.2) is 42.5 Å². The zero-order valence-electron chi connectivity index (χ0n) is 21.2. The molecule has 0 unspecified atom stereocenters. The summed E-state index contributed by atoms with van der Waals surface area (Å²) in [6.45, 7) is 4.69. The highest BCUT2D eigenvalue weighted by Crippen LogP contribution is 2.35. The van der Waals surface area contributed by atoms with Crippen LogP contribution in [0, 0.1) is 6.92 Å². The molecule has 1 aliphatic rings. The summed E-state index contributed by atoms with van der Waals surface area (Å²) in [5, 5.41) is 5.78. The minimum atomic E-state index is -0.854. The Balaban J connectivity index is 1.57. The van der Waals surface area contributed by atoms with Crippen LogP contribution >= 0.6 is 0 Å². The van der Waals surface area contributed by atoms with Crippen molar-refractivity contribution in [3.8, 4) is 5.75 Å². The standard InChI is InChI=1S/C29H31N3O5/c1-4-16-30-28(34)25-26(37-29(35)32(25)18-20-10-8-19(2)9-11-20)22-6-5-7-23(17-22)31-27(33)21-12-14-24(36-3)15-13-21/h5-15,17,25-26H,4,16,18H2,1-3H3,(H,30,34)(H,31,33)/t25-,26+/m1/s1. The number of hydrogen-bond donors (Lipinski definition) is 2. The van der Waals surface area contributed by atoms with Crippen molar-refractivity contribution >= 4 is 23.6 Å². The largest absolute Gasteiger partial charge is 0.497 e. The zero-order chi connectivity index (χ0) is 26.4. The molecule has 0 spiro atoms. The molecular weight excluding hydrogens is 470 g/mol. The van der Waals surface area contributed by atoms with Gasteiger partial charge >= 0.3 is 6.09 Å². The first-order chi connectivity index (χ1) is 17.9. The van der Waals surface area contributed by atoms with E-state index >= 15 is 0 Å². The molecule has 1 saturated heterocycles. The minimum Gasteiger partial charge on any atom is -0.497 e. The van der Waals surface area contributed by atoms with E-state index in [1.54, 1.807) is 55.6 Å². The molecule has 4 rings (SSSR count). The Morgan fingerprint density at radius 2 is 1.76 bits per heavy atom. The summed E-state index contributed by atoms with van der Waals surface area (Å²) in [6.07, 6.45) is -0.620. The van der Waals surface area contributed by atoms with Crippen LogP contribution in [0.2, 0.25) is 0 Å². The third-order valence-electron chi connectivity index (χ3n) is 6.20. The summed E-state index contributed by atoms with van der Waals surface area (Å²) >= 11 is 0. The summed E-state index contributed by atoms with van der Waals surface area (Å²) in [4.78, 5) is 40.4. The lowest BCUT2D eigenvalue weighted by atomic mass is 10.00. The van der Waals surface area contributed by atoms with E-state index in [4.69, 9.17) is 9.47 Å². The average molecular weight is 502 g/mol. The van der Waals surface area contributed by atoms with Crippen molar-refractivity contribution in [2.75, 3.05) is 19.0 Å². The molecule has 3 amide bonds. The lowest BCUT2D eigenvalue weighted by Gasteiger charge is -2.24. The second-order valence-corrected chi connectivity index (χ2v) is 8.96. The molecule has 0 saturated carbocycles. The summed E-state index contributed by atoms with van der Waals surface area (Å²) in [5.41, 5.74) is 3.62. The highest BCUT2D eigenvalue weighted by molar-refractivity contribution is 6.04. The van der Waals surface area contributed by atoms with Crippen molar-refractivity contribution in [2.45, 2.75) is 39.0 Å². The molecule has 0 aromatic heterocycles. The van der Waals surface area contributed by atoms with Gasteiger partial charge in [0.15, 0.2) is 12.1 Å². The molecule has 1 fully saturated rings. The normalized spacial score (nSPS) is 16.7.